The Morgan fingerprint density at radius 3 is 2.17 bits per heavy atom. The lowest BCUT2D eigenvalue weighted by Gasteiger charge is -2.34. The number of sulfonamides is 1. The highest BCUT2D eigenvalue weighted by atomic mass is 35.5. The summed E-state index contributed by atoms with van der Waals surface area (Å²) in [6, 6.07) is 13.7. The van der Waals surface area contributed by atoms with E-state index in [4.69, 9.17) is 23.2 Å². The Hall–Kier alpha value is -3.19. The van der Waals surface area contributed by atoms with E-state index in [1.165, 1.54) is 18.2 Å². The molecule has 2 aromatic carbocycles. The van der Waals surface area contributed by atoms with Crippen LogP contribution >= 0.6 is 30.8 Å². The number of amides is 1. The van der Waals surface area contributed by atoms with Crippen LogP contribution in [0.2, 0.25) is 10.0 Å². The lowest BCUT2D eigenvalue weighted by Crippen LogP contribution is -2.48. The topological polar surface area (TPSA) is 149 Å². The Morgan fingerprint density at radius 2 is 1.59 bits per heavy atom. The summed E-state index contributed by atoms with van der Waals surface area (Å²) >= 11 is 12.0. The summed E-state index contributed by atoms with van der Waals surface area (Å²) in [6.07, 6.45) is 0.654. The van der Waals surface area contributed by atoms with Gasteiger partial charge in [0.25, 0.3) is 10.0 Å². The molecule has 4 aromatic rings. The quantitative estimate of drug-likeness (QED) is 0.289. The van der Waals surface area contributed by atoms with E-state index in [0.29, 0.717) is 53.0 Å². The van der Waals surface area contributed by atoms with E-state index in [1.807, 2.05) is 6.07 Å². The van der Waals surface area contributed by atoms with Crippen LogP contribution in [0.5, 0.6) is 0 Å². The van der Waals surface area contributed by atoms with Gasteiger partial charge in [-0.2, -0.15) is 0 Å². The third-order valence-electron chi connectivity index (χ3n) is 6.63. The van der Waals surface area contributed by atoms with Crippen molar-refractivity contribution in [2.24, 2.45) is 0 Å². The van der Waals surface area contributed by atoms with Gasteiger partial charge in [-0.15, -0.1) is 10.2 Å². The molecule has 16 heteroatoms. The predicted molar refractivity (Wildman–Crippen MR) is 156 cm³/mol. The highest BCUT2D eigenvalue weighted by Crippen LogP contribution is 2.40. The number of halogens is 2. The van der Waals surface area contributed by atoms with Crippen molar-refractivity contribution < 1.29 is 27.6 Å². The van der Waals surface area contributed by atoms with Crippen molar-refractivity contribution in [1.82, 2.24) is 19.7 Å². The maximum atomic E-state index is 13.5. The minimum Gasteiger partial charge on any atom is -0.352 e. The number of carbonyl (C=O) groups excluding carboxylic acids is 1. The van der Waals surface area contributed by atoms with Gasteiger partial charge in [0.15, 0.2) is 11.6 Å². The Kier molecular flexibility index (Phi) is 8.03. The van der Waals surface area contributed by atoms with Gasteiger partial charge in [0.2, 0.25) is 5.91 Å². The summed E-state index contributed by atoms with van der Waals surface area (Å²) in [6.45, 7) is 4.08. The average molecular weight is 639 g/mol. The van der Waals surface area contributed by atoms with Crippen LogP contribution in [0, 0.1) is 0 Å². The van der Waals surface area contributed by atoms with Crippen LogP contribution in [0.1, 0.15) is 6.92 Å². The summed E-state index contributed by atoms with van der Waals surface area (Å²) in [4.78, 5) is 34.5. The molecule has 3 heterocycles. The molecule has 1 amide bonds. The summed E-state index contributed by atoms with van der Waals surface area (Å²) < 4.78 is 41.4. The molecule has 12 nitrogen and oxygen atoms in total. The second-order valence-electron chi connectivity index (χ2n) is 9.44. The molecule has 0 spiro atoms. The van der Waals surface area contributed by atoms with Gasteiger partial charge in [0.05, 0.1) is 16.1 Å². The Labute approximate surface area is 245 Å². The smallest absolute Gasteiger partial charge is 0.345 e. The zero-order valence-corrected chi connectivity index (χ0v) is 24.9. The van der Waals surface area contributed by atoms with Crippen molar-refractivity contribution in [3.63, 3.8) is 0 Å². The molecular formula is C25H25Cl2N6O6PS. The fraction of sp³-hybridized carbons (Fsp3) is 0.240. The number of hydrogen-bond donors (Lipinski definition) is 2. The molecular weight excluding hydrogens is 614 g/mol. The second-order valence-corrected chi connectivity index (χ2v) is 13.8. The highest BCUT2D eigenvalue weighted by molar-refractivity contribution is 7.93. The largest absolute Gasteiger partial charge is 0.352 e. The number of piperazine rings is 1. The second kappa shape index (κ2) is 11.2. The maximum absolute atomic E-state index is 13.5. The predicted octanol–water partition coefficient (Wildman–Crippen LogP) is 3.73. The van der Waals surface area contributed by atoms with E-state index in [2.05, 4.69) is 15.1 Å². The summed E-state index contributed by atoms with van der Waals surface area (Å²) in [5.74, 6) is 1.26. The van der Waals surface area contributed by atoms with Gasteiger partial charge in [-0.05, 0) is 54.6 Å². The van der Waals surface area contributed by atoms with Crippen molar-refractivity contribution in [3.05, 3.63) is 70.8 Å². The van der Waals surface area contributed by atoms with Gasteiger partial charge in [0, 0.05) is 54.7 Å². The third-order valence-corrected chi connectivity index (χ3v) is 9.66. The van der Waals surface area contributed by atoms with Crippen LogP contribution in [0.15, 0.2) is 65.7 Å². The molecule has 2 N–H and O–H groups in total. The minimum absolute atomic E-state index is 0.0424. The van der Waals surface area contributed by atoms with Crippen LogP contribution in [0.3, 0.4) is 0 Å². The number of benzene rings is 2. The number of carbonyl (C=O) groups is 1. The van der Waals surface area contributed by atoms with Crippen LogP contribution in [-0.2, 0) is 19.4 Å². The van der Waals surface area contributed by atoms with E-state index in [0.717, 1.165) is 12.1 Å². The SMILES string of the molecule is CC(=O)N1CCN(c2ccc(-n3ccc4cc(N(CP(=O)(O)O)S(=O)(=O)c5cc(Cl)cc(Cl)c5)ccc43)nn2)CC1. The zero-order valence-electron chi connectivity index (χ0n) is 21.6. The van der Waals surface area contributed by atoms with Gasteiger partial charge < -0.3 is 19.6 Å². The molecule has 1 fully saturated rings. The van der Waals surface area contributed by atoms with Gasteiger partial charge >= 0.3 is 7.60 Å². The maximum Gasteiger partial charge on any atom is 0.345 e. The van der Waals surface area contributed by atoms with E-state index < -0.39 is 23.9 Å². The van der Waals surface area contributed by atoms with Gasteiger partial charge in [0.1, 0.15) is 6.29 Å². The van der Waals surface area contributed by atoms with Gasteiger partial charge in [-0.3, -0.25) is 18.2 Å². The van der Waals surface area contributed by atoms with Crippen LogP contribution in [0.4, 0.5) is 11.5 Å². The number of rotatable bonds is 7. The number of nitrogens with zero attached hydrogens (tertiary/aromatic N) is 6. The molecule has 5 rings (SSSR count). The number of anilines is 2. The van der Waals surface area contributed by atoms with E-state index >= 15 is 0 Å². The third kappa shape index (κ3) is 6.35. The standard InChI is InChI=1S/C25H25Cl2N6O6PS/c1-17(34)30-8-10-31(11-9-30)24-4-5-25(29-28-24)32-7-6-18-12-21(2-3-23(18)32)33(16-40(35,36)37)41(38,39)22-14-19(26)13-20(27)15-22/h2-7,12-15H,8-11,16H2,1H3,(H2,35,36,37). The lowest BCUT2D eigenvalue weighted by atomic mass is 10.2. The van der Waals surface area contributed by atoms with E-state index in [-0.39, 0.29) is 26.5 Å². The van der Waals surface area contributed by atoms with Crippen molar-refractivity contribution in [2.45, 2.75) is 11.8 Å². The van der Waals surface area contributed by atoms with Crippen molar-refractivity contribution in [2.75, 3.05) is 41.7 Å². The summed E-state index contributed by atoms with van der Waals surface area (Å²) in [7, 11) is -9.28. The Morgan fingerprint density at radius 1 is 0.951 bits per heavy atom. The zero-order chi connectivity index (χ0) is 29.5. The normalized spacial score (nSPS) is 14.5. The molecule has 0 atom stereocenters. The average Bonchev–Trinajstić information content (AvgIpc) is 3.34. The Bertz CT molecular complexity index is 1750. The molecule has 0 unspecified atom stereocenters. The molecule has 216 valence electrons. The van der Waals surface area contributed by atoms with Crippen LogP contribution in [-0.4, -0.2) is 76.2 Å². The lowest BCUT2D eigenvalue weighted by molar-refractivity contribution is -0.129. The first kappa shape index (κ1) is 29.3. The molecule has 1 aliphatic heterocycles. The highest BCUT2D eigenvalue weighted by Gasteiger charge is 2.32. The number of hydrogen-bond acceptors (Lipinski definition) is 7. The van der Waals surface area contributed by atoms with Crippen molar-refractivity contribution in [1.29, 1.82) is 0 Å². The van der Waals surface area contributed by atoms with E-state index in [9.17, 15) is 27.6 Å². The first-order valence-electron chi connectivity index (χ1n) is 12.3. The monoisotopic (exact) mass is 638 g/mol. The van der Waals surface area contributed by atoms with Gasteiger partial charge in [-0.25, -0.2) is 8.42 Å². The van der Waals surface area contributed by atoms with Crippen LogP contribution < -0.4 is 9.21 Å². The first-order valence-corrected chi connectivity index (χ1v) is 16.3. The van der Waals surface area contributed by atoms with Crippen molar-refractivity contribution in [3.8, 4) is 5.82 Å². The van der Waals surface area contributed by atoms with Crippen LogP contribution in [0.25, 0.3) is 16.7 Å². The molecule has 0 bridgehead atoms. The minimum atomic E-state index is -4.82. The summed E-state index contributed by atoms with van der Waals surface area (Å²) in [5.41, 5.74) is 0.714. The Balaban J connectivity index is 1.45. The number of aromatic nitrogens is 3. The molecule has 1 saturated heterocycles. The summed E-state index contributed by atoms with van der Waals surface area (Å²) in [5, 5.41) is 9.44. The molecule has 0 saturated carbocycles. The fourth-order valence-electron chi connectivity index (χ4n) is 4.62. The molecule has 1 aliphatic rings. The fourth-order valence-corrected chi connectivity index (χ4v) is 8.03. The first-order chi connectivity index (χ1) is 19.3. The van der Waals surface area contributed by atoms with Gasteiger partial charge in [-0.1, -0.05) is 23.2 Å². The molecule has 0 aliphatic carbocycles. The molecule has 2 aromatic heterocycles. The van der Waals surface area contributed by atoms with Crippen molar-refractivity contribution >= 4 is 69.1 Å². The molecule has 41 heavy (non-hydrogen) atoms. The molecule has 0 radical (unpaired) electrons. The van der Waals surface area contributed by atoms with E-state index in [1.54, 1.807) is 40.8 Å². The number of fused-ring (bicyclic) bond motifs is 1.